The van der Waals surface area contributed by atoms with Crippen LogP contribution < -0.4 is 9.64 Å². The van der Waals surface area contributed by atoms with Gasteiger partial charge in [-0.15, -0.1) is 0 Å². The Morgan fingerprint density at radius 2 is 1.95 bits per heavy atom. The molecule has 1 aromatic carbocycles. The van der Waals surface area contributed by atoms with E-state index in [-0.39, 0.29) is 6.61 Å². The fraction of sp³-hybridized carbons (Fsp3) is 0.471. The Hall–Kier alpha value is -2.01. The predicted molar refractivity (Wildman–Crippen MR) is 88.6 cm³/mol. The number of aliphatic hydroxyl groups is 1. The zero-order valence-corrected chi connectivity index (χ0v) is 14.0. The summed E-state index contributed by atoms with van der Waals surface area (Å²) in [6.45, 7) is 6.90. The van der Waals surface area contributed by atoms with Crippen LogP contribution in [0.25, 0.3) is 0 Å². The maximum atomic E-state index is 10.2. The van der Waals surface area contributed by atoms with Gasteiger partial charge in [0.1, 0.15) is 18.5 Å². The molecule has 0 amide bonds. The van der Waals surface area contributed by atoms with E-state index in [4.69, 9.17) is 4.74 Å². The molecule has 0 aliphatic heterocycles. The van der Waals surface area contributed by atoms with Crippen molar-refractivity contribution in [3.05, 3.63) is 41.2 Å². The highest BCUT2D eigenvalue weighted by Crippen LogP contribution is 2.25. The van der Waals surface area contributed by atoms with Crippen molar-refractivity contribution in [1.82, 2.24) is 9.78 Å². The van der Waals surface area contributed by atoms with Gasteiger partial charge in [0.25, 0.3) is 0 Å². The van der Waals surface area contributed by atoms with Crippen LogP contribution in [0.5, 0.6) is 5.75 Å². The van der Waals surface area contributed by atoms with Gasteiger partial charge in [-0.05, 0) is 37.5 Å². The summed E-state index contributed by atoms with van der Waals surface area (Å²) >= 11 is 0. The second-order valence-electron chi connectivity index (χ2n) is 5.87. The van der Waals surface area contributed by atoms with E-state index < -0.39 is 6.10 Å². The van der Waals surface area contributed by atoms with Gasteiger partial charge in [0.2, 0.25) is 0 Å². The summed E-state index contributed by atoms with van der Waals surface area (Å²) in [6.07, 6.45) is 3.13. The number of hydrogen-bond donors (Lipinski definition) is 1. The maximum absolute atomic E-state index is 10.2. The highest BCUT2D eigenvalue weighted by atomic mass is 16.5. The lowest BCUT2D eigenvalue weighted by Gasteiger charge is -2.22. The van der Waals surface area contributed by atoms with Crippen molar-refractivity contribution in [2.24, 2.45) is 7.05 Å². The molecule has 120 valence electrons. The number of aliphatic hydroxyl groups excluding tert-OH is 1. The SMILES string of the molecule is Cc1ccc(C)c(OC[C@H](O)CN(C)c2cnn(C)c2)c1C. The Kier molecular flexibility index (Phi) is 5.08. The van der Waals surface area contributed by atoms with Crippen molar-refractivity contribution >= 4 is 5.69 Å². The Balaban J connectivity index is 1.93. The molecule has 5 heteroatoms. The second kappa shape index (κ2) is 6.83. The summed E-state index contributed by atoms with van der Waals surface area (Å²) in [6, 6.07) is 4.13. The molecule has 1 N–H and O–H groups in total. The normalized spacial score (nSPS) is 12.3. The molecule has 2 rings (SSSR count). The molecule has 0 unspecified atom stereocenters. The van der Waals surface area contributed by atoms with Gasteiger partial charge in [0.15, 0.2) is 0 Å². The Labute approximate surface area is 132 Å². The first-order valence-corrected chi connectivity index (χ1v) is 7.46. The van der Waals surface area contributed by atoms with Gasteiger partial charge < -0.3 is 14.7 Å². The van der Waals surface area contributed by atoms with E-state index in [1.165, 1.54) is 5.56 Å². The molecule has 1 atom stereocenters. The van der Waals surface area contributed by atoms with Crippen LogP contribution in [0.2, 0.25) is 0 Å². The molecule has 0 aliphatic carbocycles. The smallest absolute Gasteiger partial charge is 0.125 e. The van der Waals surface area contributed by atoms with Gasteiger partial charge >= 0.3 is 0 Å². The first-order valence-electron chi connectivity index (χ1n) is 7.46. The average Bonchev–Trinajstić information content (AvgIpc) is 2.90. The first-order chi connectivity index (χ1) is 10.4. The number of likely N-dealkylation sites (N-methyl/N-ethyl adjacent to an activating group) is 1. The Morgan fingerprint density at radius 1 is 1.27 bits per heavy atom. The molecule has 0 spiro atoms. The van der Waals surface area contributed by atoms with E-state index in [2.05, 4.69) is 18.1 Å². The van der Waals surface area contributed by atoms with Gasteiger partial charge in [-0.25, -0.2) is 0 Å². The number of rotatable bonds is 6. The third kappa shape index (κ3) is 3.80. The van der Waals surface area contributed by atoms with Crippen molar-refractivity contribution < 1.29 is 9.84 Å². The molecule has 0 fully saturated rings. The molecule has 22 heavy (non-hydrogen) atoms. The maximum Gasteiger partial charge on any atom is 0.125 e. The number of benzene rings is 1. The topological polar surface area (TPSA) is 50.5 Å². The summed E-state index contributed by atoms with van der Waals surface area (Å²) in [5.41, 5.74) is 4.40. The number of anilines is 1. The highest BCUT2D eigenvalue weighted by Gasteiger charge is 2.13. The molecular formula is C17H25N3O2. The zero-order chi connectivity index (χ0) is 16.3. The monoisotopic (exact) mass is 303 g/mol. The molecule has 1 heterocycles. The van der Waals surface area contributed by atoms with Crippen molar-refractivity contribution in [1.29, 1.82) is 0 Å². The molecule has 2 aromatic rings. The van der Waals surface area contributed by atoms with E-state index in [9.17, 15) is 5.11 Å². The number of nitrogens with zero attached hydrogens (tertiary/aromatic N) is 3. The molecule has 0 saturated heterocycles. The van der Waals surface area contributed by atoms with Gasteiger partial charge in [-0.1, -0.05) is 12.1 Å². The van der Waals surface area contributed by atoms with E-state index in [0.29, 0.717) is 6.54 Å². The number of hydrogen-bond acceptors (Lipinski definition) is 4. The van der Waals surface area contributed by atoms with Crippen LogP contribution in [0.15, 0.2) is 24.5 Å². The van der Waals surface area contributed by atoms with Gasteiger partial charge in [0.05, 0.1) is 11.9 Å². The minimum Gasteiger partial charge on any atom is -0.490 e. The van der Waals surface area contributed by atoms with Crippen molar-refractivity contribution in [2.75, 3.05) is 25.1 Å². The van der Waals surface area contributed by atoms with E-state index >= 15 is 0 Å². The third-order valence-electron chi connectivity index (χ3n) is 3.91. The minimum absolute atomic E-state index is 0.274. The Bertz CT molecular complexity index is 637. The van der Waals surface area contributed by atoms with Crippen molar-refractivity contribution in [3.8, 4) is 5.75 Å². The van der Waals surface area contributed by atoms with Gasteiger partial charge in [-0.2, -0.15) is 5.10 Å². The molecular weight excluding hydrogens is 278 g/mol. The lowest BCUT2D eigenvalue weighted by atomic mass is 10.1. The number of aryl methyl sites for hydroxylation is 3. The minimum atomic E-state index is -0.565. The lowest BCUT2D eigenvalue weighted by molar-refractivity contribution is 0.112. The van der Waals surface area contributed by atoms with Gasteiger partial charge in [0, 0.05) is 26.8 Å². The van der Waals surface area contributed by atoms with Crippen molar-refractivity contribution in [3.63, 3.8) is 0 Å². The highest BCUT2D eigenvalue weighted by molar-refractivity contribution is 5.44. The molecule has 5 nitrogen and oxygen atoms in total. The molecule has 0 radical (unpaired) electrons. The Morgan fingerprint density at radius 3 is 2.59 bits per heavy atom. The number of ether oxygens (including phenoxy) is 1. The summed E-state index contributed by atoms with van der Waals surface area (Å²) in [4.78, 5) is 1.97. The van der Waals surface area contributed by atoms with Crippen LogP contribution in [0.4, 0.5) is 5.69 Å². The van der Waals surface area contributed by atoms with Crippen LogP contribution in [-0.4, -0.2) is 41.2 Å². The van der Waals surface area contributed by atoms with Gasteiger partial charge in [-0.3, -0.25) is 4.68 Å². The molecule has 0 saturated carbocycles. The largest absolute Gasteiger partial charge is 0.490 e. The van der Waals surface area contributed by atoms with Crippen LogP contribution >= 0.6 is 0 Å². The fourth-order valence-corrected chi connectivity index (χ4v) is 2.41. The van der Waals surface area contributed by atoms with E-state index in [0.717, 1.165) is 22.6 Å². The zero-order valence-electron chi connectivity index (χ0n) is 14.0. The average molecular weight is 303 g/mol. The third-order valence-corrected chi connectivity index (χ3v) is 3.91. The van der Waals surface area contributed by atoms with Crippen molar-refractivity contribution in [2.45, 2.75) is 26.9 Å². The second-order valence-corrected chi connectivity index (χ2v) is 5.87. The molecule has 0 bridgehead atoms. The standard InChI is InChI=1S/C17H25N3O2/c1-12-6-7-13(2)17(14(12)3)22-11-16(21)10-19(4)15-8-18-20(5)9-15/h6-9,16,21H,10-11H2,1-5H3/t16-/m1/s1. The van der Waals surface area contributed by atoms with E-state index in [1.54, 1.807) is 10.9 Å². The van der Waals surface area contributed by atoms with Crippen LogP contribution in [0.1, 0.15) is 16.7 Å². The molecule has 0 aliphatic rings. The quantitative estimate of drug-likeness (QED) is 0.889. The van der Waals surface area contributed by atoms with E-state index in [1.807, 2.05) is 45.1 Å². The van der Waals surface area contributed by atoms with Crippen LogP contribution in [0.3, 0.4) is 0 Å². The summed E-state index contributed by atoms with van der Waals surface area (Å²) in [7, 11) is 3.81. The number of aromatic nitrogens is 2. The van der Waals surface area contributed by atoms with Crippen LogP contribution in [-0.2, 0) is 7.05 Å². The molecule has 1 aromatic heterocycles. The van der Waals surface area contributed by atoms with Crippen LogP contribution in [0, 0.1) is 20.8 Å². The summed E-state index contributed by atoms with van der Waals surface area (Å²) < 4.78 is 7.60. The summed E-state index contributed by atoms with van der Waals surface area (Å²) in [5, 5.41) is 14.3. The fourth-order valence-electron chi connectivity index (χ4n) is 2.41. The predicted octanol–water partition coefficient (Wildman–Crippen LogP) is 2.22. The summed E-state index contributed by atoms with van der Waals surface area (Å²) in [5.74, 6) is 0.878. The lowest BCUT2D eigenvalue weighted by Crippen LogP contribution is -2.33. The first kappa shape index (κ1) is 16.4.